The zero-order valence-electron chi connectivity index (χ0n) is 15.0. The van der Waals surface area contributed by atoms with Gasteiger partial charge >= 0.3 is 5.97 Å². The molecule has 0 spiro atoms. The lowest BCUT2D eigenvalue weighted by atomic mass is 10.2. The average molecular weight is 413 g/mol. The third kappa shape index (κ3) is 6.15. The Morgan fingerprint density at radius 3 is 2.29 bits per heavy atom. The van der Waals surface area contributed by atoms with E-state index in [-0.39, 0.29) is 6.61 Å². The summed E-state index contributed by atoms with van der Waals surface area (Å²) in [5.74, 6) is 0.316. The molecule has 0 bridgehead atoms. The fourth-order valence-electron chi connectivity index (χ4n) is 2.40. The third-order valence-corrected chi connectivity index (χ3v) is 4.56. The van der Waals surface area contributed by atoms with Crippen molar-refractivity contribution in [3.63, 3.8) is 0 Å². The molecule has 0 amide bonds. The van der Waals surface area contributed by atoms with Crippen LogP contribution in [0.1, 0.15) is 16.7 Å². The van der Waals surface area contributed by atoms with Gasteiger partial charge in [-0.15, -0.1) is 0 Å². The molecule has 0 aromatic heterocycles. The number of hydrogen-bond donors (Lipinski definition) is 0. The Bertz CT molecular complexity index is 948. The highest BCUT2D eigenvalue weighted by Gasteiger charge is 2.02. The number of benzene rings is 3. The molecule has 0 aliphatic rings. The fraction of sp³-hybridized carbons (Fsp3) is 0.0870. The number of esters is 1. The second-order valence-corrected chi connectivity index (χ2v) is 6.86. The molecule has 0 radical (unpaired) electrons. The molecule has 0 aliphatic carbocycles. The van der Waals surface area contributed by atoms with Crippen LogP contribution in [0.5, 0.6) is 5.75 Å². The van der Waals surface area contributed by atoms with Gasteiger partial charge in [-0.2, -0.15) is 0 Å². The highest BCUT2D eigenvalue weighted by molar-refractivity contribution is 6.31. The molecule has 0 atom stereocenters. The Morgan fingerprint density at radius 2 is 1.57 bits per heavy atom. The third-order valence-electron chi connectivity index (χ3n) is 3.94. The molecular formula is C23H18Cl2O3. The van der Waals surface area contributed by atoms with Gasteiger partial charge in [0.15, 0.2) is 0 Å². The smallest absolute Gasteiger partial charge is 0.331 e. The standard InChI is InChI=1S/C23H18Cl2O3/c24-20-10-5-18(6-11-20)15-28-23(26)14-9-17-7-12-21(13-8-17)27-16-19-3-1-2-4-22(19)25/h1-14H,15-16H2/b14-9+. The number of ether oxygens (including phenoxy) is 2. The van der Waals surface area contributed by atoms with E-state index in [1.807, 2.05) is 60.7 Å². The van der Waals surface area contributed by atoms with Gasteiger partial charge in [0.05, 0.1) is 0 Å². The summed E-state index contributed by atoms with van der Waals surface area (Å²) < 4.78 is 10.9. The minimum absolute atomic E-state index is 0.204. The minimum Gasteiger partial charge on any atom is -0.489 e. The zero-order valence-corrected chi connectivity index (χ0v) is 16.5. The summed E-state index contributed by atoms with van der Waals surface area (Å²) in [6.07, 6.45) is 3.09. The second-order valence-electron chi connectivity index (χ2n) is 6.02. The van der Waals surface area contributed by atoms with E-state index in [1.165, 1.54) is 6.08 Å². The summed E-state index contributed by atoms with van der Waals surface area (Å²) in [6.45, 7) is 0.598. The Labute approximate surface area is 174 Å². The summed E-state index contributed by atoms with van der Waals surface area (Å²) in [5, 5.41) is 1.33. The molecule has 3 aromatic carbocycles. The number of carbonyl (C=O) groups is 1. The first-order valence-corrected chi connectivity index (χ1v) is 9.41. The second kappa shape index (κ2) is 9.98. The first kappa shape index (κ1) is 20.0. The van der Waals surface area contributed by atoms with Gasteiger partial charge < -0.3 is 9.47 Å². The lowest BCUT2D eigenvalue weighted by Gasteiger charge is -2.07. The van der Waals surface area contributed by atoms with Gasteiger partial charge in [0, 0.05) is 21.7 Å². The van der Waals surface area contributed by atoms with Crippen LogP contribution in [0.4, 0.5) is 0 Å². The Balaban J connectivity index is 1.48. The Kier molecular flexibility index (Phi) is 7.12. The van der Waals surface area contributed by atoms with E-state index in [9.17, 15) is 4.79 Å². The topological polar surface area (TPSA) is 35.5 Å². The summed E-state index contributed by atoms with van der Waals surface area (Å²) in [6, 6.07) is 22.1. The van der Waals surface area contributed by atoms with Crippen LogP contribution in [-0.4, -0.2) is 5.97 Å². The van der Waals surface area contributed by atoms with E-state index in [1.54, 1.807) is 18.2 Å². The first-order chi connectivity index (χ1) is 13.6. The van der Waals surface area contributed by atoms with Gasteiger partial charge in [-0.25, -0.2) is 4.79 Å². The van der Waals surface area contributed by atoms with Crippen molar-refractivity contribution in [2.24, 2.45) is 0 Å². The quantitative estimate of drug-likeness (QED) is 0.336. The van der Waals surface area contributed by atoms with E-state index in [2.05, 4.69) is 0 Å². The van der Waals surface area contributed by atoms with Crippen LogP contribution >= 0.6 is 23.2 Å². The molecule has 3 rings (SSSR count). The molecule has 3 nitrogen and oxygen atoms in total. The van der Waals surface area contributed by atoms with Crippen LogP contribution in [0.3, 0.4) is 0 Å². The van der Waals surface area contributed by atoms with Gasteiger partial charge in [-0.1, -0.05) is 65.7 Å². The van der Waals surface area contributed by atoms with Crippen molar-refractivity contribution >= 4 is 35.2 Å². The molecule has 142 valence electrons. The molecule has 0 N–H and O–H groups in total. The van der Waals surface area contributed by atoms with E-state index in [0.717, 1.165) is 22.4 Å². The van der Waals surface area contributed by atoms with Crippen LogP contribution in [0, 0.1) is 0 Å². The molecule has 0 fully saturated rings. The molecule has 28 heavy (non-hydrogen) atoms. The largest absolute Gasteiger partial charge is 0.489 e. The van der Waals surface area contributed by atoms with Crippen LogP contribution in [0.15, 0.2) is 78.9 Å². The molecule has 0 saturated carbocycles. The maximum absolute atomic E-state index is 11.8. The van der Waals surface area contributed by atoms with E-state index in [0.29, 0.717) is 16.7 Å². The van der Waals surface area contributed by atoms with Crippen molar-refractivity contribution in [3.05, 3.63) is 106 Å². The molecule has 0 unspecified atom stereocenters. The monoisotopic (exact) mass is 412 g/mol. The Morgan fingerprint density at radius 1 is 0.857 bits per heavy atom. The van der Waals surface area contributed by atoms with Gasteiger partial charge in [-0.05, 0) is 47.5 Å². The van der Waals surface area contributed by atoms with E-state index >= 15 is 0 Å². The van der Waals surface area contributed by atoms with Crippen molar-refractivity contribution in [3.8, 4) is 5.75 Å². The van der Waals surface area contributed by atoms with Gasteiger partial charge in [0.1, 0.15) is 19.0 Å². The summed E-state index contributed by atoms with van der Waals surface area (Å²) in [5.41, 5.74) is 2.68. The van der Waals surface area contributed by atoms with Crippen molar-refractivity contribution in [1.29, 1.82) is 0 Å². The summed E-state index contributed by atoms with van der Waals surface area (Å²) >= 11 is 11.9. The maximum Gasteiger partial charge on any atom is 0.331 e. The van der Waals surface area contributed by atoms with Crippen LogP contribution in [0.25, 0.3) is 6.08 Å². The van der Waals surface area contributed by atoms with Crippen LogP contribution in [-0.2, 0) is 22.7 Å². The molecular weight excluding hydrogens is 395 g/mol. The predicted molar refractivity (Wildman–Crippen MR) is 113 cm³/mol. The highest BCUT2D eigenvalue weighted by atomic mass is 35.5. The van der Waals surface area contributed by atoms with Crippen molar-refractivity contribution in [2.75, 3.05) is 0 Å². The lowest BCUT2D eigenvalue weighted by Crippen LogP contribution is -2.00. The predicted octanol–water partition coefficient (Wildman–Crippen LogP) is 6.33. The maximum atomic E-state index is 11.8. The number of hydrogen-bond acceptors (Lipinski definition) is 3. The van der Waals surface area contributed by atoms with Crippen molar-refractivity contribution in [1.82, 2.24) is 0 Å². The Hall–Kier alpha value is -2.75. The highest BCUT2D eigenvalue weighted by Crippen LogP contribution is 2.19. The van der Waals surface area contributed by atoms with Gasteiger partial charge in [-0.3, -0.25) is 0 Å². The number of carbonyl (C=O) groups excluding carboxylic acids is 1. The normalized spacial score (nSPS) is 10.8. The van der Waals surface area contributed by atoms with Crippen molar-refractivity contribution < 1.29 is 14.3 Å². The molecule has 0 heterocycles. The van der Waals surface area contributed by atoms with Gasteiger partial charge in [0.25, 0.3) is 0 Å². The molecule has 5 heteroatoms. The van der Waals surface area contributed by atoms with E-state index in [4.69, 9.17) is 32.7 Å². The first-order valence-electron chi connectivity index (χ1n) is 8.66. The van der Waals surface area contributed by atoms with Gasteiger partial charge in [0.2, 0.25) is 0 Å². The average Bonchev–Trinajstić information content (AvgIpc) is 2.72. The van der Waals surface area contributed by atoms with Crippen LogP contribution in [0.2, 0.25) is 10.0 Å². The van der Waals surface area contributed by atoms with Crippen molar-refractivity contribution in [2.45, 2.75) is 13.2 Å². The summed E-state index contributed by atoms with van der Waals surface area (Å²) in [4.78, 5) is 11.8. The molecule has 0 saturated heterocycles. The zero-order chi connectivity index (χ0) is 19.8. The number of rotatable bonds is 7. The SMILES string of the molecule is O=C(/C=C/c1ccc(OCc2ccccc2Cl)cc1)OCc1ccc(Cl)cc1. The molecule has 0 aliphatic heterocycles. The van der Waals surface area contributed by atoms with Crippen LogP contribution < -0.4 is 4.74 Å². The fourth-order valence-corrected chi connectivity index (χ4v) is 2.72. The number of halogens is 2. The minimum atomic E-state index is -0.408. The van der Waals surface area contributed by atoms with E-state index < -0.39 is 5.97 Å². The molecule has 3 aromatic rings. The lowest BCUT2D eigenvalue weighted by molar-refractivity contribution is -0.138. The summed E-state index contributed by atoms with van der Waals surface area (Å²) in [7, 11) is 0.